The molecule has 1 atom stereocenters. The Morgan fingerprint density at radius 1 is 1.06 bits per heavy atom. The van der Waals surface area contributed by atoms with Gasteiger partial charge in [-0.05, 0) is 48.7 Å². The highest BCUT2D eigenvalue weighted by molar-refractivity contribution is 5.94. The second-order valence-electron chi connectivity index (χ2n) is 7.97. The number of ether oxygens (including phenoxy) is 1. The fraction of sp³-hybridized carbons (Fsp3) is 0.231. The second-order valence-corrected chi connectivity index (χ2v) is 7.97. The Morgan fingerprint density at radius 2 is 1.91 bits per heavy atom. The smallest absolute Gasteiger partial charge is 0.298 e. The van der Waals surface area contributed by atoms with Gasteiger partial charge in [0.15, 0.2) is 5.58 Å². The minimum absolute atomic E-state index is 0.112. The Kier molecular flexibility index (Phi) is 5.75. The first-order valence-corrected chi connectivity index (χ1v) is 10.9. The van der Waals surface area contributed by atoms with Crippen molar-refractivity contribution in [2.75, 3.05) is 18.0 Å². The molecule has 0 aliphatic carbocycles. The minimum atomic E-state index is -0.112. The number of hydrogen-bond acceptors (Lipinski definition) is 5. The van der Waals surface area contributed by atoms with Crippen LogP contribution in [0.1, 0.15) is 28.8 Å². The summed E-state index contributed by atoms with van der Waals surface area (Å²) in [5.74, 6) is 0.565. The number of carbonyl (C=O) groups excluding carboxylic acids is 1. The number of anilines is 1. The zero-order chi connectivity index (χ0) is 21.8. The van der Waals surface area contributed by atoms with Crippen LogP contribution < -0.4 is 15.0 Å². The summed E-state index contributed by atoms with van der Waals surface area (Å²) >= 11 is 0. The van der Waals surface area contributed by atoms with E-state index in [2.05, 4.69) is 15.2 Å². The van der Waals surface area contributed by atoms with Crippen LogP contribution in [-0.4, -0.2) is 30.0 Å². The number of para-hydroxylation sites is 2. The Bertz CT molecular complexity index is 1170. The van der Waals surface area contributed by atoms with Crippen LogP contribution >= 0.6 is 0 Å². The number of nitrogens with one attached hydrogen (secondary N) is 1. The zero-order valence-corrected chi connectivity index (χ0v) is 17.7. The molecule has 6 nitrogen and oxygen atoms in total. The van der Waals surface area contributed by atoms with Gasteiger partial charge in [0.05, 0.1) is 6.04 Å². The van der Waals surface area contributed by atoms with Crippen molar-refractivity contribution >= 4 is 23.0 Å². The van der Waals surface area contributed by atoms with Crippen LogP contribution in [-0.2, 0) is 6.61 Å². The molecule has 0 saturated carbocycles. The van der Waals surface area contributed by atoms with Crippen LogP contribution in [0, 0.1) is 0 Å². The summed E-state index contributed by atoms with van der Waals surface area (Å²) in [5.41, 5.74) is 3.30. The summed E-state index contributed by atoms with van der Waals surface area (Å²) in [6.07, 6.45) is 2.03. The number of carbonyl (C=O) groups is 1. The average Bonchev–Trinajstić information content (AvgIpc) is 3.48. The first-order valence-electron chi connectivity index (χ1n) is 10.9. The van der Waals surface area contributed by atoms with E-state index in [-0.39, 0.29) is 11.9 Å². The van der Waals surface area contributed by atoms with Crippen molar-refractivity contribution in [1.82, 2.24) is 10.3 Å². The summed E-state index contributed by atoms with van der Waals surface area (Å²) < 4.78 is 11.8. The monoisotopic (exact) mass is 427 g/mol. The molecule has 1 N–H and O–H groups in total. The maximum atomic E-state index is 12.8. The highest BCUT2D eigenvalue weighted by atomic mass is 16.5. The lowest BCUT2D eigenvalue weighted by Crippen LogP contribution is -2.40. The number of nitrogens with zero attached hydrogens (tertiary/aromatic N) is 2. The molecule has 0 spiro atoms. The third-order valence-electron chi connectivity index (χ3n) is 5.75. The maximum Gasteiger partial charge on any atom is 0.298 e. The topological polar surface area (TPSA) is 67.6 Å². The minimum Gasteiger partial charge on any atom is -0.489 e. The van der Waals surface area contributed by atoms with Crippen LogP contribution in [0.2, 0.25) is 0 Å². The molecule has 32 heavy (non-hydrogen) atoms. The van der Waals surface area contributed by atoms with E-state index in [0.29, 0.717) is 30.5 Å². The van der Waals surface area contributed by atoms with Crippen LogP contribution in [0.5, 0.6) is 5.75 Å². The van der Waals surface area contributed by atoms with E-state index >= 15 is 0 Å². The van der Waals surface area contributed by atoms with Crippen LogP contribution in [0.25, 0.3) is 11.1 Å². The lowest BCUT2D eigenvalue weighted by Gasteiger charge is -2.23. The molecule has 1 amide bonds. The van der Waals surface area contributed by atoms with Crippen molar-refractivity contribution in [3.8, 4) is 5.75 Å². The standard InChI is InChI=1S/C26H25N3O3/c30-25(20-10-6-12-22(16-20)31-18-19-8-2-1-3-9-19)27-17-21-11-7-15-29(21)26-28-23-13-4-5-14-24(23)32-26/h1-6,8-10,12-14,16,21H,7,11,15,17-18H2,(H,27,30). The first kappa shape index (κ1) is 20.1. The number of rotatable bonds is 7. The van der Waals surface area contributed by atoms with Crippen molar-refractivity contribution in [2.24, 2.45) is 0 Å². The zero-order valence-electron chi connectivity index (χ0n) is 17.7. The number of hydrogen-bond donors (Lipinski definition) is 1. The summed E-state index contributed by atoms with van der Waals surface area (Å²) in [5, 5.41) is 3.07. The average molecular weight is 428 g/mol. The van der Waals surface area contributed by atoms with E-state index in [4.69, 9.17) is 9.15 Å². The fourth-order valence-corrected chi connectivity index (χ4v) is 4.06. The van der Waals surface area contributed by atoms with Gasteiger partial charge in [-0.3, -0.25) is 4.79 Å². The molecule has 1 aromatic heterocycles. The molecule has 5 rings (SSSR count). The van der Waals surface area contributed by atoms with Gasteiger partial charge < -0.3 is 19.4 Å². The van der Waals surface area contributed by atoms with Crippen molar-refractivity contribution in [2.45, 2.75) is 25.5 Å². The number of oxazole rings is 1. The molecule has 1 saturated heterocycles. The van der Waals surface area contributed by atoms with E-state index in [1.165, 1.54) is 0 Å². The summed E-state index contributed by atoms with van der Waals surface area (Å²) in [6.45, 7) is 1.87. The molecule has 162 valence electrons. The van der Waals surface area contributed by atoms with Crippen molar-refractivity contribution < 1.29 is 13.9 Å². The number of amides is 1. The van der Waals surface area contributed by atoms with E-state index in [1.807, 2.05) is 66.7 Å². The molecule has 2 heterocycles. The molecule has 0 bridgehead atoms. The third-order valence-corrected chi connectivity index (χ3v) is 5.75. The molecular formula is C26H25N3O3. The highest BCUT2D eigenvalue weighted by Gasteiger charge is 2.28. The Morgan fingerprint density at radius 3 is 2.78 bits per heavy atom. The highest BCUT2D eigenvalue weighted by Crippen LogP contribution is 2.28. The summed E-state index contributed by atoms with van der Waals surface area (Å²) in [6, 6.07) is 25.8. The molecule has 1 aliphatic heterocycles. The predicted molar refractivity (Wildman–Crippen MR) is 124 cm³/mol. The van der Waals surface area contributed by atoms with Gasteiger partial charge in [0.2, 0.25) is 0 Å². The van der Waals surface area contributed by atoms with E-state index in [9.17, 15) is 4.79 Å². The van der Waals surface area contributed by atoms with Gasteiger partial charge in [-0.2, -0.15) is 4.98 Å². The van der Waals surface area contributed by atoms with Crippen molar-refractivity contribution in [1.29, 1.82) is 0 Å². The van der Waals surface area contributed by atoms with Gasteiger partial charge in [0.25, 0.3) is 11.9 Å². The lowest BCUT2D eigenvalue weighted by molar-refractivity contribution is 0.0950. The van der Waals surface area contributed by atoms with Gasteiger partial charge in [-0.15, -0.1) is 0 Å². The molecule has 6 heteroatoms. The number of fused-ring (bicyclic) bond motifs is 1. The summed E-state index contributed by atoms with van der Waals surface area (Å²) in [4.78, 5) is 19.6. The molecule has 1 fully saturated rings. The van der Waals surface area contributed by atoms with E-state index in [0.717, 1.165) is 36.0 Å². The largest absolute Gasteiger partial charge is 0.489 e. The fourth-order valence-electron chi connectivity index (χ4n) is 4.06. The number of benzene rings is 3. The van der Waals surface area contributed by atoms with Gasteiger partial charge >= 0.3 is 0 Å². The van der Waals surface area contributed by atoms with Crippen LogP contribution in [0.3, 0.4) is 0 Å². The Balaban J connectivity index is 1.20. The molecule has 0 radical (unpaired) electrons. The third kappa shape index (κ3) is 4.44. The molecule has 3 aromatic carbocycles. The van der Waals surface area contributed by atoms with E-state index in [1.54, 1.807) is 12.1 Å². The van der Waals surface area contributed by atoms with Crippen LogP contribution in [0.15, 0.2) is 83.3 Å². The molecule has 1 aliphatic rings. The van der Waals surface area contributed by atoms with Crippen molar-refractivity contribution in [3.63, 3.8) is 0 Å². The molecule has 1 unspecified atom stereocenters. The molecule has 4 aromatic rings. The Hall–Kier alpha value is -3.80. The predicted octanol–water partition coefficient (Wildman–Crippen LogP) is 4.81. The van der Waals surface area contributed by atoms with Gasteiger partial charge in [-0.25, -0.2) is 0 Å². The number of aromatic nitrogens is 1. The second kappa shape index (κ2) is 9.14. The van der Waals surface area contributed by atoms with Gasteiger partial charge in [0.1, 0.15) is 17.9 Å². The first-order chi connectivity index (χ1) is 15.8. The molecular weight excluding hydrogens is 402 g/mol. The van der Waals surface area contributed by atoms with Crippen LogP contribution in [0.4, 0.5) is 6.01 Å². The normalized spacial score (nSPS) is 15.8. The Labute approximate surface area is 186 Å². The lowest BCUT2D eigenvalue weighted by atomic mass is 10.1. The van der Waals surface area contributed by atoms with E-state index < -0.39 is 0 Å². The maximum absolute atomic E-state index is 12.8. The van der Waals surface area contributed by atoms with Crippen molar-refractivity contribution in [3.05, 3.63) is 90.0 Å². The quantitative estimate of drug-likeness (QED) is 0.459. The van der Waals surface area contributed by atoms with Gasteiger partial charge in [-0.1, -0.05) is 48.5 Å². The van der Waals surface area contributed by atoms with Gasteiger partial charge in [0, 0.05) is 18.7 Å². The summed E-state index contributed by atoms with van der Waals surface area (Å²) in [7, 11) is 0. The SMILES string of the molecule is O=C(NCC1CCCN1c1nc2ccccc2o1)c1cccc(OCc2ccccc2)c1.